The SMILES string of the molecule is CC1(C)CN(CCOc2ccc(C(C)(C)C)cc2)c2ccccc2N1. The lowest BCUT2D eigenvalue weighted by molar-refractivity contribution is 0.320. The van der Waals surface area contributed by atoms with Gasteiger partial charge in [0.05, 0.1) is 17.9 Å². The van der Waals surface area contributed by atoms with Crippen molar-refractivity contribution in [2.75, 3.05) is 29.9 Å². The van der Waals surface area contributed by atoms with Gasteiger partial charge >= 0.3 is 0 Å². The molecule has 25 heavy (non-hydrogen) atoms. The van der Waals surface area contributed by atoms with Crippen molar-refractivity contribution < 1.29 is 4.74 Å². The van der Waals surface area contributed by atoms with E-state index in [0.29, 0.717) is 6.61 Å². The van der Waals surface area contributed by atoms with Gasteiger partial charge in [-0.3, -0.25) is 0 Å². The van der Waals surface area contributed by atoms with Crippen LogP contribution in [0.15, 0.2) is 48.5 Å². The molecule has 1 N–H and O–H groups in total. The molecule has 0 unspecified atom stereocenters. The molecular weight excluding hydrogens is 308 g/mol. The monoisotopic (exact) mass is 338 g/mol. The van der Waals surface area contributed by atoms with Gasteiger partial charge in [-0.1, -0.05) is 45.0 Å². The predicted molar refractivity (Wildman–Crippen MR) is 107 cm³/mol. The van der Waals surface area contributed by atoms with Crippen LogP contribution < -0.4 is 15.0 Å². The van der Waals surface area contributed by atoms with Crippen molar-refractivity contribution in [1.82, 2.24) is 0 Å². The molecule has 0 aromatic heterocycles. The van der Waals surface area contributed by atoms with Crippen molar-refractivity contribution in [3.63, 3.8) is 0 Å². The summed E-state index contributed by atoms with van der Waals surface area (Å²) >= 11 is 0. The first-order chi connectivity index (χ1) is 11.7. The molecule has 0 fully saturated rings. The Morgan fingerprint density at radius 2 is 1.72 bits per heavy atom. The first kappa shape index (κ1) is 17.7. The highest BCUT2D eigenvalue weighted by atomic mass is 16.5. The standard InChI is InChI=1S/C22H30N2O/c1-21(2,3)17-10-12-18(13-11-17)25-15-14-24-16-22(4,5)23-19-8-6-7-9-20(19)24/h6-13,23H,14-16H2,1-5H3. The van der Waals surface area contributed by atoms with E-state index in [0.717, 1.165) is 18.8 Å². The van der Waals surface area contributed by atoms with Crippen molar-refractivity contribution >= 4 is 11.4 Å². The van der Waals surface area contributed by atoms with Crippen LogP contribution in [0.1, 0.15) is 40.2 Å². The summed E-state index contributed by atoms with van der Waals surface area (Å²) in [6.45, 7) is 13.7. The molecule has 0 spiro atoms. The molecule has 2 aromatic carbocycles. The first-order valence-electron chi connectivity index (χ1n) is 9.10. The minimum Gasteiger partial charge on any atom is -0.492 e. The number of hydrogen-bond acceptors (Lipinski definition) is 3. The van der Waals surface area contributed by atoms with E-state index in [1.54, 1.807) is 0 Å². The number of anilines is 2. The zero-order valence-corrected chi connectivity index (χ0v) is 16.1. The summed E-state index contributed by atoms with van der Waals surface area (Å²) in [6, 6.07) is 17.0. The topological polar surface area (TPSA) is 24.5 Å². The van der Waals surface area contributed by atoms with Crippen LogP contribution in [0.5, 0.6) is 5.75 Å². The Morgan fingerprint density at radius 1 is 1.04 bits per heavy atom. The fraction of sp³-hybridized carbons (Fsp3) is 0.455. The van der Waals surface area contributed by atoms with Gasteiger partial charge in [0, 0.05) is 12.1 Å². The van der Waals surface area contributed by atoms with Gasteiger partial charge < -0.3 is 15.0 Å². The number of nitrogens with zero attached hydrogens (tertiary/aromatic N) is 1. The van der Waals surface area contributed by atoms with Crippen molar-refractivity contribution in [1.29, 1.82) is 0 Å². The third-order valence-corrected chi connectivity index (χ3v) is 4.65. The number of hydrogen-bond donors (Lipinski definition) is 1. The normalized spacial score (nSPS) is 16.1. The number of nitrogens with one attached hydrogen (secondary N) is 1. The molecule has 0 atom stereocenters. The maximum Gasteiger partial charge on any atom is 0.119 e. The third-order valence-electron chi connectivity index (χ3n) is 4.65. The molecule has 3 heteroatoms. The van der Waals surface area contributed by atoms with E-state index in [9.17, 15) is 0 Å². The summed E-state index contributed by atoms with van der Waals surface area (Å²) in [5, 5.41) is 3.61. The summed E-state index contributed by atoms with van der Waals surface area (Å²) in [5.41, 5.74) is 4.02. The van der Waals surface area contributed by atoms with Crippen LogP contribution >= 0.6 is 0 Å². The van der Waals surface area contributed by atoms with Gasteiger partial charge in [0.25, 0.3) is 0 Å². The van der Waals surface area contributed by atoms with E-state index >= 15 is 0 Å². The van der Waals surface area contributed by atoms with Crippen LogP contribution in [-0.2, 0) is 5.41 Å². The molecule has 2 aromatic rings. The summed E-state index contributed by atoms with van der Waals surface area (Å²) in [4.78, 5) is 2.41. The molecule has 1 aliphatic heterocycles. The number of ether oxygens (including phenoxy) is 1. The second kappa shape index (κ2) is 6.62. The summed E-state index contributed by atoms with van der Waals surface area (Å²) in [7, 11) is 0. The molecule has 0 bridgehead atoms. The average molecular weight is 338 g/mol. The number of rotatable bonds is 4. The number of fused-ring (bicyclic) bond motifs is 1. The predicted octanol–water partition coefficient (Wildman–Crippen LogP) is 5.07. The number of benzene rings is 2. The molecular formula is C22H30N2O. The highest BCUT2D eigenvalue weighted by Crippen LogP contribution is 2.33. The Bertz CT molecular complexity index is 714. The first-order valence-corrected chi connectivity index (χ1v) is 9.10. The Balaban J connectivity index is 1.62. The van der Waals surface area contributed by atoms with Crippen molar-refractivity contribution in [2.24, 2.45) is 0 Å². The van der Waals surface area contributed by atoms with Crippen LogP contribution in [0.4, 0.5) is 11.4 Å². The van der Waals surface area contributed by atoms with Gasteiger partial charge in [0.1, 0.15) is 12.4 Å². The molecule has 1 heterocycles. The van der Waals surface area contributed by atoms with Crippen LogP contribution in [0.3, 0.4) is 0 Å². The Hall–Kier alpha value is -2.16. The van der Waals surface area contributed by atoms with E-state index in [-0.39, 0.29) is 11.0 Å². The van der Waals surface area contributed by atoms with Gasteiger partial charge in [-0.15, -0.1) is 0 Å². The van der Waals surface area contributed by atoms with Gasteiger partial charge in [0.2, 0.25) is 0 Å². The van der Waals surface area contributed by atoms with Crippen molar-refractivity contribution in [3.05, 3.63) is 54.1 Å². The van der Waals surface area contributed by atoms with Crippen molar-refractivity contribution in [3.8, 4) is 5.75 Å². The largest absolute Gasteiger partial charge is 0.492 e. The molecule has 3 nitrogen and oxygen atoms in total. The summed E-state index contributed by atoms with van der Waals surface area (Å²) in [5.74, 6) is 0.940. The molecule has 3 rings (SSSR count). The van der Waals surface area contributed by atoms with Gasteiger partial charge in [-0.05, 0) is 49.1 Å². The number of para-hydroxylation sites is 2. The van der Waals surface area contributed by atoms with Crippen LogP contribution in [0.2, 0.25) is 0 Å². The minimum atomic E-state index is 0.0582. The molecule has 1 aliphatic rings. The van der Waals surface area contributed by atoms with Crippen LogP contribution in [-0.4, -0.2) is 25.2 Å². The van der Waals surface area contributed by atoms with E-state index in [4.69, 9.17) is 4.74 Å². The van der Waals surface area contributed by atoms with E-state index in [1.165, 1.54) is 16.9 Å². The van der Waals surface area contributed by atoms with Crippen molar-refractivity contribution in [2.45, 2.75) is 45.6 Å². The summed E-state index contributed by atoms with van der Waals surface area (Å²) < 4.78 is 6.00. The maximum absolute atomic E-state index is 6.00. The Morgan fingerprint density at radius 3 is 2.40 bits per heavy atom. The van der Waals surface area contributed by atoms with E-state index in [2.05, 4.69) is 93.4 Å². The van der Waals surface area contributed by atoms with E-state index < -0.39 is 0 Å². The second-order valence-corrected chi connectivity index (χ2v) is 8.57. The average Bonchev–Trinajstić information content (AvgIpc) is 2.53. The Kier molecular flexibility index (Phi) is 4.68. The van der Waals surface area contributed by atoms with Gasteiger partial charge in [-0.2, -0.15) is 0 Å². The van der Waals surface area contributed by atoms with Gasteiger partial charge in [-0.25, -0.2) is 0 Å². The lowest BCUT2D eigenvalue weighted by Gasteiger charge is -2.42. The molecule has 0 amide bonds. The lowest BCUT2D eigenvalue weighted by Crippen LogP contribution is -2.49. The second-order valence-electron chi connectivity index (χ2n) is 8.57. The molecule has 0 aliphatic carbocycles. The smallest absolute Gasteiger partial charge is 0.119 e. The molecule has 134 valence electrons. The van der Waals surface area contributed by atoms with Crippen LogP contribution in [0.25, 0.3) is 0 Å². The summed E-state index contributed by atoms with van der Waals surface area (Å²) in [6.07, 6.45) is 0. The zero-order chi connectivity index (χ0) is 18.1. The van der Waals surface area contributed by atoms with E-state index in [1.807, 2.05) is 0 Å². The highest BCUT2D eigenvalue weighted by molar-refractivity contribution is 5.73. The lowest BCUT2D eigenvalue weighted by atomic mass is 9.87. The van der Waals surface area contributed by atoms with Crippen LogP contribution in [0, 0.1) is 0 Å². The Labute approximate surface area is 152 Å². The fourth-order valence-electron chi connectivity index (χ4n) is 3.35. The molecule has 0 saturated heterocycles. The third kappa shape index (κ3) is 4.28. The minimum absolute atomic E-state index is 0.0582. The molecule has 0 saturated carbocycles. The van der Waals surface area contributed by atoms with Gasteiger partial charge in [0.15, 0.2) is 0 Å². The highest BCUT2D eigenvalue weighted by Gasteiger charge is 2.28. The quantitative estimate of drug-likeness (QED) is 0.842. The molecule has 0 radical (unpaired) electrons. The fourth-order valence-corrected chi connectivity index (χ4v) is 3.35. The zero-order valence-electron chi connectivity index (χ0n) is 16.1. The maximum atomic E-state index is 6.00.